The fourth-order valence-electron chi connectivity index (χ4n) is 3.78. The number of hydrogen-bond acceptors (Lipinski definition) is 3. The Morgan fingerprint density at radius 1 is 1.30 bits per heavy atom. The number of benzene rings is 2. The number of amides is 2. The summed E-state index contributed by atoms with van der Waals surface area (Å²) in [6.07, 6.45) is 2.81. The van der Waals surface area contributed by atoms with Gasteiger partial charge < -0.3 is 15.0 Å². The summed E-state index contributed by atoms with van der Waals surface area (Å²) in [5, 5.41) is 2.88. The van der Waals surface area contributed by atoms with Crippen LogP contribution in [0.1, 0.15) is 41.6 Å². The predicted molar refractivity (Wildman–Crippen MR) is 116 cm³/mol. The van der Waals surface area contributed by atoms with Gasteiger partial charge in [-0.15, -0.1) is 0 Å². The zero-order valence-electron chi connectivity index (χ0n) is 17.2. The van der Waals surface area contributed by atoms with Crippen LogP contribution in [0.3, 0.4) is 0 Å². The quantitative estimate of drug-likeness (QED) is 0.693. The maximum Gasteiger partial charge on any atom is 0.256 e. The van der Waals surface area contributed by atoms with Crippen molar-refractivity contribution in [1.29, 1.82) is 0 Å². The lowest BCUT2D eigenvalue weighted by Crippen LogP contribution is -2.40. The number of rotatable bonds is 6. The van der Waals surface area contributed by atoms with Crippen molar-refractivity contribution in [2.24, 2.45) is 5.92 Å². The Morgan fingerprint density at radius 2 is 2.10 bits per heavy atom. The Bertz CT molecular complexity index is 935. The van der Waals surface area contributed by atoms with Crippen molar-refractivity contribution in [3.05, 3.63) is 58.4 Å². The first-order valence-corrected chi connectivity index (χ1v) is 10.4. The van der Waals surface area contributed by atoms with Gasteiger partial charge in [-0.2, -0.15) is 0 Å². The standard InChI is InChI=1S/C23H26ClFN2O3/c1-15-13-17(30-2)9-10-20(15)26-21(28)11-8-16-5-4-12-27(14-16)23(29)18-6-3-7-19(24)22(18)25/h3,6-7,9-10,13,16H,4-5,8,11-12,14H2,1-2H3,(H,26,28)/t16-/m1/s1. The Balaban J connectivity index is 1.54. The first-order valence-electron chi connectivity index (χ1n) is 10.1. The van der Waals surface area contributed by atoms with Gasteiger partial charge in [0.25, 0.3) is 5.91 Å². The van der Waals surface area contributed by atoms with Gasteiger partial charge in [0.1, 0.15) is 5.75 Å². The minimum atomic E-state index is -0.680. The molecule has 30 heavy (non-hydrogen) atoms. The van der Waals surface area contributed by atoms with Crippen LogP contribution < -0.4 is 10.1 Å². The van der Waals surface area contributed by atoms with Crippen LogP contribution in [0.15, 0.2) is 36.4 Å². The minimum Gasteiger partial charge on any atom is -0.497 e. The molecule has 0 saturated carbocycles. The number of halogens is 2. The van der Waals surface area contributed by atoms with Crippen molar-refractivity contribution in [2.45, 2.75) is 32.6 Å². The molecule has 0 radical (unpaired) electrons. The highest BCUT2D eigenvalue weighted by molar-refractivity contribution is 6.31. The average Bonchev–Trinajstić information content (AvgIpc) is 2.75. The Morgan fingerprint density at radius 3 is 2.83 bits per heavy atom. The number of nitrogens with one attached hydrogen (secondary N) is 1. The second kappa shape index (κ2) is 9.94. The van der Waals surface area contributed by atoms with E-state index in [4.69, 9.17) is 16.3 Å². The average molecular weight is 433 g/mol. The molecule has 1 fully saturated rings. The molecular weight excluding hydrogens is 407 g/mol. The molecule has 0 aromatic heterocycles. The van der Waals surface area contributed by atoms with Crippen LogP contribution in [0.25, 0.3) is 0 Å². The van der Waals surface area contributed by atoms with E-state index in [2.05, 4.69) is 5.32 Å². The number of ether oxygens (including phenoxy) is 1. The molecular formula is C23H26ClFN2O3. The normalized spacial score (nSPS) is 16.3. The van der Waals surface area contributed by atoms with Crippen LogP contribution in [0.4, 0.5) is 10.1 Å². The second-order valence-electron chi connectivity index (χ2n) is 7.63. The molecule has 1 saturated heterocycles. The number of likely N-dealkylation sites (tertiary alicyclic amines) is 1. The third-order valence-corrected chi connectivity index (χ3v) is 5.77. The van der Waals surface area contributed by atoms with E-state index >= 15 is 0 Å². The molecule has 1 aliphatic heterocycles. The molecule has 5 nitrogen and oxygen atoms in total. The summed E-state index contributed by atoms with van der Waals surface area (Å²) >= 11 is 5.81. The zero-order valence-corrected chi connectivity index (χ0v) is 18.0. The molecule has 1 atom stereocenters. The lowest BCUT2D eigenvalue weighted by Gasteiger charge is -2.33. The number of piperidine rings is 1. The molecule has 0 spiro atoms. The number of nitrogens with zero attached hydrogens (tertiary/aromatic N) is 1. The van der Waals surface area contributed by atoms with Crippen molar-refractivity contribution >= 4 is 29.1 Å². The van der Waals surface area contributed by atoms with Gasteiger partial charge in [-0.3, -0.25) is 9.59 Å². The summed E-state index contributed by atoms with van der Waals surface area (Å²) in [5.41, 5.74) is 1.69. The number of anilines is 1. The van der Waals surface area contributed by atoms with Gasteiger partial charge in [0.05, 0.1) is 17.7 Å². The molecule has 1 heterocycles. The molecule has 2 aromatic rings. The molecule has 160 valence electrons. The van der Waals surface area contributed by atoms with Gasteiger partial charge in [0.15, 0.2) is 5.82 Å². The lowest BCUT2D eigenvalue weighted by molar-refractivity contribution is -0.116. The predicted octanol–water partition coefficient (Wildman–Crippen LogP) is 5.07. The highest BCUT2D eigenvalue weighted by atomic mass is 35.5. The van der Waals surface area contributed by atoms with Gasteiger partial charge >= 0.3 is 0 Å². The number of methoxy groups -OCH3 is 1. The molecule has 2 aromatic carbocycles. The molecule has 2 amide bonds. The SMILES string of the molecule is COc1ccc(NC(=O)CC[C@H]2CCCN(C(=O)c3cccc(Cl)c3F)C2)c(C)c1. The maximum absolute atomic E-state index is 14.2. The van der Waals surface area contributed by atoms with E-state index in [1.54, 1.807) is 18.1 Å². The highest BCUT2D eigenvalue weighted by Gasteiger charge is 2.27. The summed E-state index contributed by atoms with van der Waals surface area (Å²) in [6.45, 7) is 3.01. The van der Waals surface area contributed by atoms with E-state index in [0.29, 0.717) is 25.9 Å². The molecule has 7 heteroatoms. The van der Waals surface area contributed by atoms with Crippen LogP contribution in [0.2, 0.25) is 5.02 Å². The molecule has 1 aliphatic rings. The van der Waals surface area contributed by atoms with Crippen LogP contribution in [-0.2, 0) is 4.79 Å². The molecule has 0 unspecified atom stereocenters. The monoisotopic (exact) mass is 432 g/mol. The van der Waals surface area contributed by atoms with Crippen LogP contribution in [0, 0.1) is 18.7 Å². The first kappa shape index (κ1) is 22.1. The van der Waals surface area contributed by atoms with Gasteiger partial charge in [0.2, 0.25) is 5.91 Å². The summed E-state index contributed by atoms with van der Waals surface area (Å²) < 4.78 is 19.4. The van der Waals surface area contributed by atoms with E-state index in [0.717, 1.165) is 29.8 Å². The Kier molecular flexibility index (Phi) is 7.32. The van der Waals surface area contributed by atoms with Gasteiger partial charge in [-0.25, -0.2) is 4.39 Å². The van der Waals surface area contributed by atoms with Crippen molar-refractivity contribution < 1.29 is 18.7 Å². The van der Waals surface area contributed by atoms with Crippen molar-refractivity contribution in [2.75, 3.05) is 25.5 Å². The smallest absolute Gasteiger partial charge is 0.256 e. The van der Waals surface area contributed by atoms with Crippen LogP contribution in [-0.4, -0.2) is 36.9 Å². The number of hydrogen-bond donors (Lipinski definition) is 1. The van der Waals surface area contributed by atoms with Crippen molar-refractivity contribution in [1.82, 2.24) is 4.90 Å². The van der Waals surface area contributed by atoms with Gasteiger partial charge in [-0.1, -0.05) is 17.7 Å². The minimum absolute atomic E-state index is 0.00382. The van der Waals surface area contributed by atoms with Crippen LogP contribution >= 0.6 is 11.6 Å². The molecule has 3 rings (SSSR count). The Hall–Kier alpha value is -2.60. The summed E-state index contributed by atoms with van der Waals surface area (Å²) in [6, 6.07) is 9.96. The maximum atomic E-state index is 14.2. The third-order valence-electron chi connectivity index (χ3n) is 5.48. The van der Waals surface area contributed by atoms with E-state index < -0.39 is 5.82 Å². The summed E-state index contributed by atoms with van der Waals surface area (Å²) in [5.74, 6) is -0.146. The largest absolute Gasteiger partial charge is 0.497 e. The number of aryl methyl sites for hydroxylation is 1. The van der Waals surface area contributed by atoms with Crippen LogP contribution in [0.5, 0.6) is 5.75 Å². The number of carbonyl (C=O) groups is 2. The van der Waals surface area contributed by atoms with Gasteiger partial charge in [-0.05, 0) is 68.0 Å². The highest BCUT2D eigenvalue weighted by Crippen LogP contribution is 2.26. The fraction of sp³-hybridized carbons (Fsp3) is 0.391. The lowest BCUT2D eigenvalue weighted by atomic mass is 9.92. The first-order chi connectivity index (χ1) is 14.4. The fourth-order valence-corrected chi connectivity index (χ4v) is 3.95. The third kappa shape index (κ3) is 5.30. The van der Waals surface area contributed by atoms with Crippen molar-refractivity contribution in [3.8, 4) is 5.75 Å². The topological polar surface area (TPSA) is 58.6 Å². The number of carbonyl (C=O) groups excluding carboxylic acids is 2. The zero-order chi connectivity index (χ0) is 21.7. The van der Waals surface area contributed by atoms with Gasteiger partial charge in [0, 0.05) is 25.2 Å². The second-order valence-corrected chi connectivity index (χ2v) is 8.04. The summed E-state index contributed by atoms with van der Waals surface area (Å²) in [7, 11) is 1.60. The Labute approximate surface area is 181 Å². The summed E-state index contributed by atoms with van der Waals surface area (Å²) in [4.78, 5) is 26.8. The molecule has 0 aliphatic carbocycles. The van der Waals surface area contributed by atoms with E-state index in [9.17, 15) is 14.0 Å². The van der Waals surface area contributed by atoms with E-state index in [1.807, 2.05) is 25.1 Å². The van der Waals surface area contributed by atoms with E-state index in [-0.39, 0.29) is 28.3 Å². The van der Waals surface area contributed by atoms with Crippen molar-refractivity contribution in [3.63, 3.8) is 0 Å². The molecule has 1 N–H and O–H groups in total. The molecule has 0 bridgehead atoms. The van der Waals surface area contributed by atoms with E-state index in [1.165, 1.54) is 12.1 Å².